The zero-order valence-electron chi connectivity index (χ0n) is 16.2. The SMILES string of the molecule is Cc1onc(-c2ccccc2)c1-c1nnc(COC(=O)CCc2ccccc2F)o1. The van der Waals surface area contributed by atoms with Crippen LogP contribution >= 0.6 is 0 Å². The second kappa shape index (κ2) is 8.69. The van der Waals surface area contributed by atoms with Gasteiger partial charge in [-0.2, -0.15) is 0 Å². The molecule has 8 heteroatoms. The molecule has 2 heterocycles. The van der Waals surface area contributed by atoms with E-state index >= 15 is 0 Å². The molecule has 0 bridgehead atoms. The molecule has 0 spiro atoms. The molecule has 4 aromatic rings. The van der Waals surface area contributed by atoms with Gasteiger partial charge in [0.15, 0.2) is 6.61 Å². The van der Waals surface area contributed by atoms with Crippen LogP contribution in [0.1, 0.15) is 23.6 Å². The summed E-state index contributed by atoms with van der Waals surface area (Å²) in [5.41, 5.74) is 2.49. The fourth-order valence-corrected chi connectivity index (χ4v) is 2.98. The summed E-state index contributed by atoms with van der Waals surface area (Å²) >= 11 is 0. The normalized spacial score (nSPS) is 10.9. The van der Waals surface area contributed by atoms with E-state index in [0.717, 1.165) is 5.56 Å². The highest BCUT2D eigenvalue weighted by atomic mass is 19.1. The first-order valence-corrected chi connectivity index (χ1v) is 9.35. The Morgan fingerprint density at radius 3 is 2.63 bits per heavy atom. The summed E-state index contributed by atoms with van der Waals surface area (Å²) in [4.78, 5) is 12.0. The molecule has 0 aliphatic rings. The molecule has 0 aliphatic carbocycles. The van der Waals surface area contributed by atoms with Gasteiger partial charge in [-0.1, -0.05) is 53.7 Å². The number of aromatic nitrogens is 3. The molecule has 2 aromatic carbocycles. The summed E-state index contributed by atoms with van der Waals surface area (Å²) < 4.78 is 29.7. The van der Waals surface area contributed by atoms with Crippen molar-refractivity contribution in [2.45, 2.75) is 26.4 Å². The highest BCUT2D eigenvalue weighted by Crippen LogP contribution is 2.33. The smallest absolute Gasteiger partial charge is 0.306 e. The molecule has 0 saturated heterocycles. The van der Waals surface area contributed by atoms with E-state index < -0.39 is 5.97 Å². The Balaban J connectivity index is 1.40. The predicted octanol–water partition coefficient (Wildman–Crippen LogP) is 4.52. The lowest BCUT2D eigenvalue weighted by Gasteiger charge is -2.03. The summed E-state index contributed by atoms with van der Waals surface area (Å²) in [6, 6.07) is 15.8. The van der Waals surface area contributed by atoms with E-state index in [-0.39, 0.29) is 37.0 Å². The van der Waals surface area contributed by atoms with Crippen molar-refractivity contribution < 1.29 is 22.9 Å². The van der Waals surface area contributed by atoms with Gasteiger partial charge in [0.25, 0.3) is 11.8 Å². The maximum absolute atomic E-state index is 13.6. The first-order valence-electron chi connectivity index (χ1n) is 9.35. The molecule has 2 aromatic heterocycles. The number of rotatable bonds is 7. The lowest BCUT2D eigenvalue weighted by Crippen LogP contribution is -2.06. The van der Waals surface area contributed by atoms with Crippen molar-refractivity contribution in [2.75, 3.05) is 0 Å². The van der Waals surface area contributed by atoms with Gasteiger partial charge < -0.3 is 13.7 Å². The standard InChI is InChI=1S/C22H18FN3O4/c1-14-20(21(26-30-14)16-8-3-2-4-9-16)22-25-24-18(29-22)13-28-19(27)12-11-15-7-5-6-10-17(15)23/h2-10H,11-13H2,1H3. The van der Waals surface area contributed by atoms with Crippen LogP contribution in [0.15, 0.2) is 63.5 Å². The molecule has 0 fully saturated rings. The van der Waals surface area contributed by atoms with Crippen LogP contribution in [0, 0.1) is 12.7 Å². The molecule has 30 heavy (non-hydrogen) atoms. The van der Waals surface area contributed by atoms with Crippen molar-refractivity contribution in [3.63, 3.8) is 0 Å². The minimum atomic E-state index is -0.482. The van der Waals surface area contributed by atoms with Crippen molar-refractivity contribution in [3.05, 3.63) is 77.6 Å². The van der Waals surface area contributed by atoms with Gasteiger partial charge in [-0.25, -0.2) is 4.39 Å². The molecule has 0 aliphatic heterocycles. The first kappa shape index (κ1) is 19.5. The Morgan fingerprint density at radius 2 is 1.83 bits per heavy atom. The van der Waals surface area contributed by atoms with Crippen LogP contribution in [0.4, 0.5) is 4.39 Å². The molecule has 0 N–H and O–H groups in total. The Morgan fingerprint density at radius 1 is 1.07 bits per heavy atom. The number of ether oxygens (including phenoxy) is 1. The van der Waals surface area contributed by atoms with E-state index in [1.165, 1.54) is 6.07 Å². The molecule has 152 valence electrons. The fourth-order valence-electron chi connectivity index (χ4n) is 2.98. The summed E-state index contributed by atoms with van der Waals surface area (Å²) in [6.07, 6.45) is 0.297. The largest absolute Gasteiger partial charge is 0.456 e. The third-order valence-electron chi connectivity index (χ3n) is 4.50. The number of esters is 1. The van der Waals surface area contributed by atoms with Crippen LogP contribution in [0.3, 0.4) is 0 Å². The van der Waals surface area contributed by atoms with Gasteiger partial charge in [0, 0.05) is 12.0 Å². The second-order valence-electron chi connectivity index (χ2n) is 6.58. The van der Waals surface area contributed by atoms with Crippen molar-refractivity contribution in [3.8, 4) is 22.7 Å². The fraction of sp³-hybridized carbons (Fsp3) is 0.182. The molecule has 7 nitrogen and oxygen atoms in total. The summed E-state index contributed by atoms with van der Waals surface area (Å²) in [5.74, 6) is 0.0779. The Bertz CT molecular complexity index is 1150. The number of carbonyl (C=O) groups excluding carboxylic acids is 1. The molecule has 0 unspecified atom stereocenters. The predicted molar refractivity (Wildman–Crippen MR) is 104 cm³/mol. The highest BCUT2D eigenvalue weighted by Gasteiger charge is 2.22. The van der Waals surface area contributed by atoms with Crippen LogP contribution in [-0.4, -0.2) is 21.3 Å². The Hall–Kier alpha value is -3.81. The van der Waals surface area contributed by atoms with Crippen LogP contribution < -0.4 is 0 Å². The van der Waals surface area contributed by atoms with Crippen LogP contribution in [0.5, 0.6) is 0 Å². The number of carbonyl (C=O) groups is 1. The number of hydrogen-bond acceptors (Lipinski definition) is 7. The summed E-state index contributed by atoms with van der Waals surface area (Å²) in [7, 11) is 0. The number of nitrogens with zero attached hydrogens (tertiary/aromatic N) is 3. The quantitative estimate of drug-likeness (QED) is 0.416. The third kappa shape index (κ3) is 4.27. The number of hydrogen-bond donors (Lipinski definition) is 0. The van der Waals surface area contributed by atoms with Gasteiger partial charge in [-0.15, -0.1) is 10.2 Å². The van der Waals surface area contributed by atoms with E-state index in [1.54, 1.807) is 25.1 Å². The van der Waals surface area contributed by atoms with Gasteiger partial charge in [0.2, 0.25) is 0 Å². The molecule has 4 rings (SSSR count). The molecular formula is C22H18FN3O4. The van der Waals surface area contributed by atoms with Gasteiger partial charge >= 0.3 is 5.97 Å². The van der Waals surface area contributed by atoms with E-state index in [0.29, 0.717) is 22.6 Å². The lowest BCUT2D eigenvalue weighted by atomic mass is 10.1. The third-order valence-corrected chi connectivity index (χ3v) is 4.50. The Labute approximate surface area is 171 Å². The maximum atomic E-state index is 13.6. The number of benzene rings is 2. The van der Waals surface area contributed by atoms with E-state index in [4.69, 9.17) is 13.7 Å². The van der Waals surface area contributed by atoms with Crippen molar-refractivity contribution >= 4 is 5.97 Å². The van der Waals surface area contributed by atoms with Crippen LogP contribution in [-0.2, 0) is 22.6 Å². The monoisotopic (exact) mass is 407 g/mol. The van der Waals surface area contributed by atoms with Crippen LogP contribution in [0.2, 0.25) is 0 Å². The van der Waals surface area contributed by atoms with Crippen molar-refractivity contribution in [1.29, 1.82) is 0 Å². The van der Waals surface area contributed by atoms with Gasteiger partial charge in [0.1, 0.15) is 22.8 Å². The number of halogens is 1. The molecule has 0 atom stereocenters. The van der Waals surface area contributed by atoms with Crippen molar-refractivity contribution in [1.82, 2.24) is 15.4 Å². The average Bonchev–Trinajstić information content (AvgIpc) is 3.38. The topological polar surface area (TPSA) is 91.3 Å². The molecular weight excluding hydrogens is 389 g/mol. The molecule has 0 saturated carbocycles. The van der Waals surface area contributed by atoms with Gasteiger partial charge in [0.05, 0.1) is 0 Å². The Kier molecular flexibility index (Phi) is 5.65. The number of aryl methyl sites for hydroxylation is 2. The van der Waals surface area contributed by atoms with E-state index in [2.05, 4.69) is 15.4 Å². The lowest BCUT2D eigenvalue weighted by molar-refractivity contribution is -0.145. The summed E-state index contributed by atoms with van der Waals surface area (Å²) in [5, 5.41) is 12.0. The van der Waals surface area contributed by atoms with Gasteiger partial charge in [-0.3, -0.25) is 4.79 Å². The average molecular weight is 407 g/mol. The van der Waals surface area contributed by atoms with E-state index in [9.17, 15) is 9.18 Å². The minimum absolute atomic E-state index is 0.0465. The van der Waals surface area contributed by atoms with Crippen LogP contribution in [0.25, 0.3) is 22.7 Å². The zero-order chi connectivity index (χ0) is 20.9. The maximum Gasteiger partial charge on any atom is 0.306 e. The first-order chi connectivity index (χ1) is 14.6. The second-order valence-corrected chi connectivity index (χ2v) is 6.58. The van der Waals surface area contributed by atoms with Crippen molar-refractivity contribution in [2.24, 2.45) is 0 Å². The summed E-state index contributed by atoms with van der Waals surface area (Å²) in [6.45, 7) is 1.58. The van der Waals surface area contributed by atoms with Gasteiger partial charge in [-0.05, 0) is 25.0 Å². The minimum Gasteiger partial charge on any atom is -0.456 e. The highest BCUT2D eigenvalue weighted by molar-refractivity contribution is 5.77. The zero-order valence-corrected chi connectivity index (χ0v) is 16.2. The molecule has 0 radical (unpaired) electrons. The molecule has 0 amide bonds. The van der Waals surface area contributed by atoms with E-state index in [1.807, 2.05) is 30.3 Å².